The molecule has 0 aliphatic rings. The van der Waals surface area contributed by atoms with E-state index in [0.29, 0.717) is 53.2 Å². The average Bonchev–Trinajstić information content (AvgIpc) is 2.82. The van der Waals surface area contributed by atoms with Crippen LogP contribution in [0.15, 0.2) is 46.9 Å². The van der Waals surface area contributed by atoms with Crippen LogP contribution in [-0.2, 0) is 4.74 Å². The molecule has 0 aromatic heterocycles. The van der Waals surface area contributed by atoms with Gasteiger partial charge in [-0.3, -0.25) is 14.9 Å². The molecule has 2 aromatic carbocycles. The zero-order valence-corrected chi connectivity index (χ0v) is 22.0. The van der Waals surface area contributed by atoms with E-state index in [1.165, 1.54) is 12.8 Å². The number of carbonyl (C=O) groups is 2. The van der Waals surface area contributed by atoms with Gasteiger partial charge in [-0.05, 0) is 71.3 Å². The Morgan fingerprint density at radius 3 is 2.53 bits per heavy atom. The second-order valence-electron chi connectivity index (χ2n) is 7.61. The fourth-order valence-corrected chi connectivity index (χ4v) is 3.80. The summed E-state index contributed by atoms with van der Waals surface area (Å²) in [6.07, 6.45) is 5.22. The largest absolute Gasteiger partial charge is 0.492 e. The summed E-state index contributed by atoms with van der Waals surface area (Å²) in [7, 11) is 1.62. The molecule has 0 bridgehead atoms. The molecule has 2 amide bonds. The molecule has 34 heavy (non-hydrogen) atoms. The van der Waals surface area contributed by atoms with E-state index in [1.807, 2.05) is 0 Å². The highest BCUT2D eigenvalue weighted by molar-refractivity contribution is 9.10. The van der Waals surface area contributed by atoms with Gasteiger partial charge in [-0.1, -0.05) is 38.3 Å². The number of para-hydroxylation sites is 1. The Hall–Kier alpha value is -2.49. The van der Waals surface area contributed by atoms with Crippen molar-refractivity contribution >= 4 is 50.8 Å². The molecule has 0 radical (unpaired) electrons. The van der Waals surface area contributed by atoms with Crippen LogP contribution in [0.4, 0.5) is 5.69 Å². The van der Waals surface area contributed by atoms with Crippen LogP contribution in [0.25, 0.3) is 0 Å². The molecular weight excluding hydrogens is 518 g/mol. The normalized spacial score (nSPS) is 10.4. The predicted molar refractivity (Wildman–Crippen MR) is 143 cm³/mol. The standard InChI is InChI=1S/C25H32BrN3O4S/c1-3-4-5-8-16-33-22-13-12-18(17-20(22)26)23(30)29-25(34)28-21-11-7-6-10-19(21)24(31)27-14-9-15-32-2/h6-7,10-13,17H,3-5,8-9,14-16H2,1-2H3,(H,27,31)(H2,28,29,30,34). The van der Waals surface area contributed by atoms with E-state index >= 15 is 0 Å². The first-order valence-electron chi connectivity index (χ1n) is 11.4. The number of unbranched alkanes of at least 4 members (excludes halogenated alkanes) is 3. The zero-order valence-electron chi connectivity index (χ0n) is 19.6. The SMILES string of the molecule is CCCCCCOc1ccc(C(=O)NC(=S)Nc2ccccc2C(=O)NCCCOC)cc1Br. The minimum absolute atomic E-state index is 0.0945. The summed E-state index contributed by atoms with van der Waals surface area (Å²) >= 11 is 8.77. The molecule has 0 saturated heterocycles. The average molecular weight is 551 g/mol. The van der Waals surface area contributed by atoms with Crippen LogP contribution in [0, 0.1) is 0 Å². The smallest absolute Gasteiger partial charge is 0.257 e. The van der Waals surface area contributed by atoms with Gasteiger partial charge in [0.1, 0.15) is 5.75 Å². The van der Waals surface area contributed by atoms with E-state index < -0.39 is 0 Å². The molecule has 9 heteroatoms. The molecule has 0 heterocycles. The number of hydrogen-bond acceptors (Lipinski definition) is 5. The summed E-state index contributed by atoms with van der Waals surface area (Å²) in [5.74, 6) is 0.0935. The van der Waals surface area contributed by atoms with Gasteiger partial charge in [0, 0.05) is 25.8 Å². The number of nitrogens with one attached hydrogen (secondary N) is 3. The maximum atomic E-state index is 12.7. The molecule has 0 spiro atoms. The third-order valence-electron chi connectivity index (χ3n) is 4.91. The Morgan fingerprint density at radius 2 is 1.79 bits per heavy atom. The van der Waals surface area contributed by atoms with Gasteiger partial charge in [0.15, 0.2) is 5.11 Å². The lowest BCUT2D eigenvalue weighted by Gasteiger charge is -2.14. The molecule has 2 rings (SSSR count). The van der Waals surface area contributed by atoms with Crippen LogP contribution < -0.4 is 20.7 Å². The first-order chi connectivity index (χ1) is 16.5. The molecule has 2 aromatic rings. The van der Waals surface area contributed by atoms with Crippen molar-refractivity contribution in [3.63, 3.8) is 0 Å². The third kappa shape index (κ3) is 9.40. The van der Waals surface area contributed by atoms with Gasteiger partial charge in [-0.2, -0.15) is 0 Å². The van der Waals surface area contributed by atoms with Crippen LogP contribution in [-0.4, -0.2) is 43.8 Å². The molecule has 0 aliphatic heterocycles. The molecule has 7 nitrogen and oxygen atoms in total. The van der Waals surface area contributed by atoms with Gasteiger partial charge < -0.3 is 20.1 Å². The zero-order chi connectivity index (χ0) is 24.8. The predicted octanol–water partition coefficient (Wildman–Crippen LogP) is 5.30. The molecule has 0 fully saturated rings. The van der Waals surface area contributed by atoms with Crippen molar-refractivity contribution in [3.05, 3.63) is 58.1 Å². The summed E-state index contributed by atoms with van der Waals surface area (Å²) in [5.41, 5.74) is 1.36. The van der Waals surface area contributed by atoms with E-state index in [9.17, 15) is 9.59 Å². The maximum Gasteiger partial charge on any atom is 0.257 e. The topological polar surface area (TPSA) is 88.7 Å². The van der Waals surface area contributed by atoms with Crippen molar-refractivity contribution in [1.29, 1.82) is 0 Å². The highest BCUT2D eigenvalue weighted by Crippen LogP contribution is 2.26. The van der Waals surface area contributed by atoms with E-state index in [0.717, 1.165) is 12.8 Å². The number of halogens is 1. The minimum atomic E-state index is -0.366. The lowest BCUT2D eigenvalue weighted by atomic mass is 10.1. The first-order valence-corrected chi connectivity index (χ1v) is 12.6. The van der Waals surface area contributed by atoms with Gasteiger partial charge in [0.05, 0.1) is 22.3 Å². The highest BCUT2D eigenvalue weighted by Gasteiger charge is 2.14. The van der Waals surface area contributed by atoms with Crippen molar-refractivity contribution in [1.82, 2.24) is 10.6 Å². The summed E-state index contributed by atoms with van der Waals surface area (Å²) in [6.45, 7) is 3.87. The molecule has 0 unspecified atom stereocenters. The number of ether oxygens (including phenoxy) is 2. The number of benzene rings is 2. The Balaban J connectivity index is 1.92. The Kier molecular flexibility index (Phi) is 12.6. The van der Waals surface area contributed by atoms with Crippen LogP contribution in [0.2, 0.25) is 0 Å². The van der Waals surface area contributed by atoms with Gasteiger partial charge in [-0.25, -0.2) is 0 Å². The monoisotopic (exact) mass is 549 g/mol. The number of amides is 2. The van der Waals surface area contributed by atoms with Crippen molar-refractivity contribution in [2.45, 2.75) is 39.0 Å². The Bertz CT molecular complexity index is 971. The van der Waals surface area contributed by atoms with E-state index in [4.69, 9.17) is 21.7 Å². The minimum Gasteiger partial charge on any atom is -0.492 e. The van der Waals surface area contributed by atoms with E-state index in [-0.39, 0.29) is 16.9 Å². The molecule has 0 aliphatic carbocycles. The van der Waals surface area contributed by atoms with Crippen LogP contribution in [0.1, 0.15) is 59.7 Å². The van der Waals surface area contributed by atoms with Crippen molar-refractivity contribution in [2.24, 2.45) is 0 Å². The second-order valence-corrected chi connectivity index (χ2v) is 8.87. The van der Waals surface area contributed by atoms with Crippen LogP contribution in [0.5, 0.6) is 5.75 Å². The summed E-state index contributed by atoms with van der Waals surface area (Å²) < 4.78 is 11.5. The second kappa shape index (κ2) is 15.4. The third-order valence-corrected chi connectivity index (χ3v) is 5.73. The first kappa shape index (κ1) is 27.8. The number of thiocarbonyl (C=S) groups is 1. The van der Waals surface area contributed by atoms with Gasteiger partial charge in [0.2, 0.25) is 0 Å². The number of rotatable bonds is 13. The molecule has 0 saturated carbocycles. The summed E-state index contributed by atoms with van der Waals surface area (Å²) in [6, 6.07) is 12.1. The quantitative estimate of drug-likeness (QED) is 0.232. The molecule has 3 N–H and O–H groups in total. The van der Waals surface area contributed by atoms with Gasteiger partial charge in [0.25, 0.3) is 11.8 Å². The van der Waals surface area contributed by atoms with E-state index in [2.05, 4.69) is 38.8 Å². The van der Waals surface area contributed by atoms with Crippen LogP contribution >= 0.6 is 28.1 Å². The maximum absolute atomic E-state index is 12.7. The number of hydrogen-bond donors (Lipinski definition) is 3. The Labute approximate surface area is 215 Å². The molecule has 0 atom stereocenters. The summed E-state index contributed by atoms with van der Waals surface area (Å²) in [5, 5.41) is 8.53. The van der Waals surface area contributed by atoms with Crippen molar-refractivity contribution < 1.29 is 19.1 Å². The van der Waals surface area contributed by atoms with Crippen LogP contribution in [0.3, 0.4) is 0 Å². The number of anilines is 1. The Morgan fingerprint density at radius 1 is 1.00 bits per heavy atom. The lowest BCUT2D eigenvalue weighted by molar-refractivity contribution is 0.0947. The van der Waals surface area contributed by atoms with Crippen molar-refractivity contribution in [2.75, 3.05) is 32.2 Å². The van der Waals surface area contributed by atoms with E-state index in [1.54, 1.807) is 49.6 Å². The fourth-order valence-electron chi connectivity index (χ4n) is 3.10. The fraction of sp³-hybridized carbons (Fsp3) is 0.400. The summed E-state index contributed by atoms with van der Waals surface area (Å²) in [4.78, 5) is 25.2. The van der Waals surface area contributed by atoms with Crippen molar-refractivity contribution in [3.8, 4) is 5.75 Å². The molecular formula is C25H32BrN3O4S. The lowest BCUT2D eigenvalue weighted by Crippen LogP contribution is -2.35. The molecule has 184 valence electrons. The van der Waals surface area contributed by atoms with Gasteiger partial charge in [-0.15, -0.1) is 0 Å². The number of methoxy groups -OCH3 is 1. The number of carbonyl (C=O) groups excluding carboxylic acids is 2. The highest BCUT2D eigenvalue weighted by atomic mass is 79.9. The van der Waals surface area contributed by atoms with Gasteiger partial charge >= 0.3 is 0 Å².